The molecule has 1 fully saturated rings. The van der Waals surface area contributed by atoms with Crippen LogP contribution in [0.4, 0.5) is 0 Å². The quantitative estimate of drug-likeness (QED) is 0.883. The van der Waals surface area contributed by atoms with Crippen LogP contribution < -0.4 is 5.32 Å². The highest BCUT2D eigenvalue weighted by molar-refractivity contribution is 5.92. The lowest BCUT2D eigenvalue weighted by molar-refractivity contribution is -0.127. The molecule has 0 saturated carbocycles. The number of benzene rings is 1. The Labute approximate surface area is 137 Å². The Kier molecular flexibility index (Phi) is 5.03. The molecular weight excluding hydrogens is 286 g/mol. The molecule has 4 heteroatoms. The molecule has 23 heavy (non-hydrogen) atoms. The maximum Gasteiger partial charge on any atom is 0.246 e. The van der Waals surface area contributed by atoms with Crippen LogP contribution >= 0.6 is 0 Å². The van der Waals surface area contributed by atoms with Gasteiger partial charge in [-0.2, -0.15) is 0 Å². The summed E-state index contributed by atoms with van der Waals surface area (Å²) < 4.78 is 0. The fourth-order valence-electron chi connectivity index (χ4n) is 3.16. The highest BCUT2D eigenvalue weighted by Gasteiger charge is 2.21. The van der Waals surface area contributed by atoms with Gasteiger partial charge in [-0.25, -0.2) is 4.98 Å². The van der Waals surface area contributed by atoms with Gasteiger partial charge in [0.1, 0.15) is 0 Å². The van der Waals surface area contributed by atoms with Crippen molar-refractivity contribution < 1.29 is 4.79 Å². The summed E-state index contributed by atoms with van der Waals surface area (Å²) in [5.41, 5.74) is 1.77. The van der Waals surface area contributed by atoms with E-state index < -0.39 is 0 Å². The molecule has 1 aliphatic heterocycles. The third kappa shape index (κ3) is 3.96. The third-order valence-corrected chi connectivity index (χ3v) is 4.34. The van der Waals surface area contributed by atoms with Gasteiger partial charge in [-0.3, -0.25) is 4.79 Å². The van der Waals surface area contributed by atoms with Crippen LogP contribution in [0.15, 0.2) is 42.5 Å². The van der Waals surface area contributed by atoms with Crippen LogP contribution in [0.2, 0.25) is 0 Å². The summed E-state index contributed by atoms with van der Waals surface area (Å²) in [6.45, 7) is 2.67. The van der Waals surface area contributed by atoms with Gasteiger partial charge in [-0.05, 0) is 50.6 Å². The van der Waals surface area contributed by atoms with Crippen molar-refractivity contribution in [1.82, 2.24) is 15.2 Å². The number of carbonyl (C=O) groups is 1. The van der Waals surface area contributed by atoms with E-state index in [0.29, 0.717) is 5.92 Å². The smallest absolute Gasteiger partial charge is 0.246 e. The van der Waals surface area contributed by atoms with Crippen LogP contribution in [0.25, 0.3) is 17.0 Å². The maximum atomic E-state index is 12.4. The van der Waals surface area contributed by atoms with Crippen molar-refractivity contribution in [1.29, 1.82) is 0 Å². The SMILES string of the molecule is CNCC1CCCN(C(=O)C=Cc2ccc3ccccc3n2)C1. The van der Waals surface area contributed by atoms with Gasteiger partial charge in [0.05, 0.1) is 11.2 Å². The molecule has 1 atom stereocenters. The molecule has 120 valence electrons. The predicted molar refractivity (Wildman–Crippen MR) is 94.0 cm³/mol. The maximum absolute atomic E-state index is 12.4. The minimum Gasteiger partial charge on any atom is -0.339 e. The summed E-state index contributed by atoms with van der Waals surface area (Å²) >= 11 is 0. The fraction of sp³-hybridized carbons (Fsp3) is 0.368. The van der Waals surface area contributed by atoms with Crippen LogP contribution in [-0.4, -0.2) is 42.5 Å². The summed E-state index contributed by atoms with van der Waals surface area (Å²) in [6.07, 6.45) is 5.75. The zero-order valence-electron chi connectivity index (χ0n) is 13.5. The van der Waals surface area contributed by atoms with E-state index >= 15 is 0 Å². The number of aromatic nitrogens is 1. The normalized spacial score (nSPS) is 18.7. The van der Waals surface area contributed by atoms with Gasteiger partial charge >= 0.3 is 0 Å². The van der Waals surface area contributed by atoms with Crippen molar-refractivity contribution in [3.63, 3.8) is 0 Å². The molecular formula is C19H23N3O. The van der Waals surface area contributed by atoms with Gasteiger partial charge in [0.25, 0.3) is 0 Å². The van der Waals surface area contributed by atoms with E-state index in [1.807, 2.05) is 54.4 Å². The fourth-order valence-corrected chi connectivity index (χ4v) is 3.16. The highest BCUT2D eigenvalue weighted by Crippen LogP contribution is 2.17. The first-order chi connectivity index (χ1) is 11.3. The average molecular weight is 309 g/mol. The lowest BCUT2D eigenvalue weighted by Gasteiger charge is -2.32. The molecule has 1 saturated heterocycles. The van der Waals surface area contributed by atoms with Gasteiger partial charge in [0.15, 0.2) is 0 Å². The summed E-state index contributed by atoms with van der Waals surface area (Å²) in [4.78, 5) is 18.9. The Morgan fingerprint density at radius 2 is 2.22 bits per heavy atom. The van der Waals surface area contributed by atoms with Crippen molar-refractivity contribution in [2.75, 3.05) is 26.7 Å². The van der Waals surface area contributed by atoms with Crippen LogP contribution in [0.5, 0.6) is 0 Å². The Bertz CT molecular complexity index is 709. The van der Waals surface area contributed by atoms with Crippen molar-refractivity contribution in [2.24, 2.45) is 5.92 Å². The van der Waals surface area contributed by atoms with Crippen LogP contribution in [0, 0.1) is 5.92 Å². The van der Waals surface area contributed by atoms with Crippen molar-refractivity contribution in [3.05, 3.63) is 48.2 Å². The standard InChI is InChI=1S/C19H23N3O/c1-20-13-15-5-4-12-22(14-15)19(23)11-10-17-9-8-16-6-2-3-7-18(16)21-17/h2-3,6-11,15,20H,4-5,12-14H2,1H3. The molecule has 0 aliphatic carbocycles. The highest BCUT2D eigenvalue weighted by atomic mass is 16.2. The largest absolute Gasteiger partial charge is 0.339 e. The summed E-state index contributed by atoms with van der Waals surface area (Å²) in [5, 5.41) is 4.32. The number of pyridine rings is 1. The third-order valence-electron chi connectivity index (χ3n) is 4.34. The van der Waals surface area contributed by atoms with Crippen LogP contribution in [0.1, 0.15) is 18.5 Å². The molecule has 1 aromatic heterocycles. The first-order valence-corrected chi connectivity index (χ1v) is 8.23. The number of amides is 1. The Balaban J connectivity index is 1.67. The Hall–Kier alpha value is -2.20. The van der Waals surface area contributed by atoms with Gasteiger partial charge in [0, 0.05) is 24.6 Å². The Morgan fingerprint density at radius 3 is 3.09 bits per heavy atom. The monoisotopic (exact) mass is 309 g/mol. The summed E-state index contributed by atoms with van der Waals surface area (Å²) in [6, 6.07) is 12.0. The molecule has 0 radical (unpaired) electrons. The minimum absolute atomic E-state index is 0.0840. The molecule has 1 N–H and O–H groups in total. The molecule has 4 nitrogen and oxygen atoms in total. The average Bonchev–Trinajstić information content (AvgIpc) is 2.60. The number of carbonyl (C=O) groups excluding carboxylic acids is 1. The topological polar surface area (TPSA) is 45.2 Å². The van der Waals surface area contributed by atoms with Crippen molar-refractivity contribution >= 4 is 22.9 Å². The van der Waals surface area contributed by atoms with E-state index in [4.69, 9.17) is 0 Å². The number of hydrogen-bond acceptors (Lipinski definition) is 3. The van der Waals surface area contributed by atoms with Gasteiger partial charge < -0.3 is 10.2 Å². The summed E-state index contributed by atoms with van der Waals surface area (Å²) in [7, 11) is 1.96. The number of likely N-dealkylation sites (tertiary alicyclic amines) is 1. The van der Waals surface area contributed by atoms with Crippen molar-refractivity contribution in [3.8, 4) is 0 Å². The predicted octanol–water partition coefficient (Wildman–Crippen LogP) is 2.71. The molecule has 2 heterocycles. The number of fused-ring (bicyclic) bond motifs is 1. The van der Waals surface area contributed by atoms with E-state index in [9.17, 15) is 4.79 Å². The number of piperidine rings is 1. The first-order valence-electron chi connectivity index (χ1n) is 8.23. The molecule has 1 amide bonds. The minimum atomic E-state index is 0.0840. The zero-order chi connectivity index (χ0) is 16.1. The molecule has 1 aromatic carbocycles. The molecule has 1 unspecified atom stereocenters. The van der Waals surface area contributed by atoms with Gasteiger partial charge in [-0.1, -0.05) is 24.3 Å². The van der Waals surface area contributed by atoms with Crippen molar-refractivity contribution in [2.45, 2.75) is 12.8 Å². The van der Waals surface area contributed by atoms with E-state index in [1.165, 1.54) is 6.42 Å². The number of hydrogen-bond donors (Lipinski definition) is 1. The van der Waals surface area contributed by atoms with E-state index in [0.717, 1.165) is 42.7 Å². The number of nitrogens with one attached hydrogen (secondary N) is 1. The first kappa shape index (κ1) is 15.7. The number of nitrogens with zero attached hydrogens (tertiary/aromatic N) is 2. The molecule has 3 rings (SSSR count). The molecule has 1 aliphatic rings. The second kappa shape index (κ2) is 7.38. The zero-order valence-corrected chi connectivity index (χ0v) is 13.5. The second-order valence-corrected chi connectivity index (χ2v) is 6.11. The van der Waals surface area contributed by atoms with Crippen LogP contribution in [0.3, 0.4) is 0 Å². The molecule has 0 spiro atoms. The number of rotatable bonds is 4. The van der Waals surface area contributed by atoms with Gasteiger partial charge in [0.2, 0.25) is 5.91 Å². The van der Waals surface area contributed by atoms with E-state index in [-0.39, 0.29) is 5.91 Å². The van der Waals surface area contributed by atoms with E-state index in [2.05, 4.69) is 10.3 Å². The lowest BCUT2D eigenvalue weighted by Crippen LogP contribution is -2.41. The molecule has 2 aromatic rings. The van der Waals surface area contributed by atoms with Gasteiger partial charge in [-0.15, -0.1) is 0 Å². The van der Waals surface area contributed by atoms with E-state index in [1.54, 1.807) is 6.08 Å². The van der Waals surface area contributed by atoms with Crippen LogP contribution in [-0.2, 0) is 4.79 Å². The second-order valence-electron chi connectivity index (χ2n) is 6.11. The Morgan fingerprint density at radius 1 is 1.35 bits per heavy atom. The lowest BCUT2D eigenvalue weighted by atomic mass is 9.98. The number of para-hydroxylation sites is 1. The summed E-state index contributed by atoms with van der Waals surface area (Å²) in [5.74, 6) is 0.644. The molecule has 0 bridgehead atoms.